The van der Waals surface area contributed by atoms with Crippen LogP contribution in [0, 0.1) is 6.92 Å². The Hall–Kier alpha value is -2.59. The highest BCUT2D eigenvalue weighted by molar-refractivity contribution is 5.74. The summed E-state index contributed by atoms with van der Waals surface area (Å²) in [6, 6.07) is 13.9. The number of rotatable bonds is 7. The van der Waals surface area contributed by atoms with Gasteiger partial charge in [0.15, 0.2) is 0 Å². The smallest absolute Gasteiger partial charge is 0.122 e. The van der Waals surface area contributed by atoms with Crippen LogP contribution >= 0.6 is 0 Å². The van der Waals surface area contributed by atoms with Crippen LogP contribution in [0.25, 0.3) is 11.0 Å². The van der Waals surface area contributed by atoms with Crippen molar-refractivity contribution in [2.75, 3.05) is 6.61 Å². The molecule has 124 valence electrons. The number of para-hydroxylation sites is 2. The molecule has 1 heterocycles. The van der Waals surface area contributed by atoms with E-state index in [4.69, 9.17) is 4.74 Å². The molecule has 1 aromatic heterocycles. The number of hydrogen-bond acceptors (Lipinski definition) is 3. The van der Waals surface area contributed by atoms with Crippen LogP contribution in [0.3, 0.4) is 0 Å². The maximum Gasteiger partial charge on any atom is 0.122 e. The van der Waals surface area contributed by atoms with E-state index >= 15 is 0 Å². The van der Waals surface area contributed by atoms with Crippen LogP contribution in [0.2, 0.25) is 0 Å². The highest BCUT2D eigenvalue weighted by Gasteiger charge is 2.11. The van der Waals surface area contributed by atoms with Gasteiger partial charge in [-0.1, -0.05) is 35.9 Å². The third kappa shape index (κ3) is 3.66. The molecule has 1 N–H and O–H groups in total. The Balaban J connectivity index is 1.65. The highest BCUT2D eigenvalue weighted by atomic mass is 16.5. The van der Waals surface area contributed by atoms with Gasteiger partial charge in [0.25, 0.3) is 0 Å². The molecule has 4 heteroatoms. The maximum atomic E-state index is 10.3. The number of allylic oxidation sites excluding steroid dienone is 1. The van der Waals surface area contributed by atoms with Gasteiger partial charge in [-0.25, -0.2) is 4.98 Å². The molecule has 0 fully saturated rings. The number of aliphatic hydroxyl groups excluding tert-OH is 1. The number of ether oxygens (including phenoxy) is 1. The molecule has 0 spiro atoms. The first-order valence-electron chi connectivity index (χ1n) is 8.08. The quantitative estimate of drug-likeness (QED) is 0.677. The second-order valence-electron chi connectivity index (χ2n) is 5.95. The van der Waals surface area contributed by atoms with Crippen LogP contribution in [0.4, 0.5) is 0 Å². The predicted molar refractivity (Wildman–Crippen MR) is 96.3 cm³/mol. The molecule has 0 saturated carbocycles. The zero-order valence-corrected chi connectivity index (χ0v) is 13.9. The number of aliphatic hydroxyl groups is 1. The van der Waals surface area contributed by atoms with Gasteiger partial charge in [0.2, 0.25) is 0 Å². The lowest BCUT2D eigenvalue weighted by atomic mass is 10.1. The Bertz CT molecular complexity index is 839. The van der Waals surface area contributed by atoms with Crippen LogP contribution in [0.15, 0.2) is 61.4 Å². The number of benzene rings is 2. The topological polar surface area (TPSA) is 47.3 Å². The third-order valence-electron chi connectivity index (χ3n) is 3.95. The third-order valence-corrected chi connectivity index (χ3v) is 3.95. The Morgan fingerprint density at radius 2 is 2.12 bits per heavy atom. The number of hydrogen-bond donors (Lipinski definition) is 1. The molecule has 0 amide bonds. The van der Waals surface area contributed by atoms with Crippen LogP contribution in [0.5, 0.6) is 5.75 Å². The standard InChI is InChI=1S/C20H22N2O2/c1-3-6-16-11-15(2)9-10-20(16)24-13-17(23)12-22-14-21-18-7-4-5-8-19(18)22/h3-5,7-11,14,17,23H,1,6,12-13H2,2H3. The van der Waals surface area contributed by atoms with E-state index in [0.29, 0.717) is 6.54 Å². The summed E-state index contributed by atoms with van der Waals surface area (Å²) >= 11 is 0. The van der Waals surface area contributed by atoms with Crippen molar-refractivity contribution in [3.63, 3.8) is 0 Å². The summed E-state index contributed by atoms with van der Waals surface area (Å²) in [6.07, 6.45) is 3.75. The van der Waals surface area contributed by atoms with Gasteiger partial charge in [-0.05, 0) is 37.1 Å². The Labute approximate surface area is 142 Å². The average Bonchev–Trinajstić information content (AvgIpc) is 2.98. The SMILES string of the molecule is C=CCc1cc(C)ccc1OCC(O)Cn1cnc2ccccc21. The van der Waals surface area contributed by atoms with Gasteiger partial charge in [0.05, 0.1) is 23.9 Å². The molecule has 1 unspecified atom stereocenters. The molecule has 4 nitrogen and oxygen atoms in total. The molecule has 1 atom stereocenters. The minimum Gasteiger partial charge on any atom is -0.491 e. The fourth-order valence-corrected chi connectivity index (χ4v) is 2.79. The van der Waals surface area contributed by atoms with Crippen molar-refractivity contribution >= 4 is 11.0 Å². The molecule has 3 rings (SSSR count). The summed E-state index contributed by atoms with van der Waals surface area (Å²) in [5.41, 5.74) is 4.21. The van der Waals surface area contributed by atoms with Gasteiger partial charge in [0, 0.05) is 0 Å². The van der Waals surface area contributed by atoms with E-state index in [1.165, 1.54) is 5.56 Å². The van der Waals surface area contributed by atoms with E-state index in [1.807, 2.05) is 47.0 Å². The van der Waals surface area contributed by atoms with E-state index in [1.54, 1.807) is 6.33 Å². The molecule has 0 aliphatic rings. The Kier molecular flexibility index (Phi) is 4.96. The van der Waals surface area contributed by atoms with Gasteiger partial charge in [-0.3, -0.25) is 0 Å². The monoisotopic (exact) mass is 322 g/mol. The van der Waals surface area contributed by atoms with Crippen molar-refractivity contribution in [1.82, 2.24) is 9.55 Å². The maximum absolute atomic E-state index is 10.3. The number of nitrogens with zero attached hydrogens (tertiary/aromatic N) is 2. The van der Waals surface area contributed by atoms with Crippen LogP contribution in [-0.4, -0.2) is 27.4 Å². The Morgan fingerprint density at radius 3 is 2.96 bits per heavy atom. The lowest BCUT2D eigenvalue weighted by Crippen LogP contribution is -2.23. The van der Waals surface area contributed by atoms with E-state index in [2.05, 4.69) is 24.6 Å². The average molecular weight is 322 g/mol. The largest absolute Gasteiger partial charge is 0.491 e. The van der Waals surface area contributed by atoms with E-state index in [-0.39, 0.29) is 6.61 Å². The molecule has 24 heavy (non-hydrogen) atoms. The predicted octanol–water partition coefficient (Wildman–Crippen LogP) is 3.51. The molecule has 2 aromatic carbocycles. The first kappa shape index (κ1) is 16.3. The van der Waals surface area contributed by atoms with Crippen LogP contribution in [-0.2, 0) is 13.0 Å². The number of fused-ring (bicyclic) bond motifs is 1. The van der Waals surface area contributed by atoms with Crippen molar-refractivity contribution in [3.8, 4) is 5.75 Å². The summed E-state index contributed by atoms with van der Waals surface area (Å²) < 4.78 is 7.78. The minimum absolute atomic E-state index is 0.236. The van der Waals surface area contributed by atoms with Crippen molar-refractivity contribution in [2.24, 2.45) is 0 Å². The highest BCUT2D eigenvalue weighted by Crippen LogP contribution is 2.21. The van der Waals surface area contributed by atoms with Gasteiger partial charge in [-0.15, -0.1) is 6.58 Å². The first-order chi connectivity index (χ1) is 11.7. The van der Waals surface area contributed by atoms with Crippen LogP contribution < -0.4 is 4.74 Å². The lowest BCUT2D eigenvalue weighted by molar-refractivity contribution is 0.0930. The molecule has 3 aromatic rings. The van der Waals surface area contributed by atoms with Gasteiger partial charge in [-0.2, -0.15) is 0 Å². The zero-order chi connectivity index (χ0) is 16.9. The fourth-order valence-electron chi connectivity index (χ4n) is 2.79. The summed E-state index contributed by atoms with van der Waals surface area (Å²) in [7, 11) is 0. The summed E-state index contributed by atoms with van der Waals surface area (Å²) in [5.74, 6) is 0.801. The van der Waals surface area contributed by atoms with E-state index in [0.717, 1.165) is 28.8 Å². The second kappa shape index (κ2) is 7.32. The minimum atomic E-state index is -0.611. The fraction of sp³-hybridized carbons (Fsp3) is 0.250. The van der Waals surface area contributed by atoms with E-state index in [9.17, 15) is 5.11 Å². The lowest BCUT2D eigenvalue weighted by Gasteiger charge is -2.16. The van der Waals surface area contributed by atoms with E-state index < -0.39 is 6.10 Å². The van der Waals surface area contributed by atoms with Crippen molar-refractivity contribution in [1.29, 1.82) is 0 Å². The van der Waals surface area contributed by atoms with Crippen molar-refractivity contribution in [2.45, 2.75) is 26.0 Å². The van der Waals surface area contributed by atoms with Crippen molar-refractivity contribution < 1.29 is 9.84 Å². The number of aryl methyl sites for hydroxylation is 1. The van der Waals surface area contributed by atoms with Crippen molar-refractivity contribution in [3.05, 3.63) is 72.6 Å². The number of aromatic nitrogens is 2. The molecule has 0 radical (unpaired) electrons. The first-order valence-corrected chi connectivity index (χ1v) is 8.08. The second-order valence-corrected chi connectivity index (χ2v) is 5.95. The van der Waals surface area contributed by atoms with Gasteiger partial charge in [0.1, 0.15) is 18.5 Å². The van der Waals surface area contributed by atoms with Gasteiger partial charge < -0.3 is 14.4 Å². The molecule has 0 bridgehead atoms. The van der Waals surface area contributed by atoms with Gasteiger partial charge >= 0.3 is 0 Å². The Morgan fingerprint density at radius 1 is 1.29 bits per heavy atom. The molecular weight excluding hydrogens is 300 g/mol. The molecule has 0 aliphatic heterocycles. The molecule has 0 saturated heterocycles. The summed E-state index contributed by atoms with van der Waals surface area (Å²) in [5, 5.41) is 10.3. The molecule has 0 aliphatic carbocycles. The number of imidazole rings is 1. The zero-order valence-electron chi connectivity index (χ0n) is 13.9. The summed E-state index contributed by atoms with van der Waals surface area (Å²) in [6.45, 7) is 6.52. The normalized spacial score (nSPS) is 12.2. The summed E-state index contributed by atoms with van der Waals surface area (Å²) in [4.78, 5) is 4.34. The van der Waals surface area contributed by atoms with Crippen LogP contribution in [0.1, 0.15) is 11.1 Å². The molecular formula is C20H22N2O2.